The van der Waals surface area contributed by atoms with Crippen LogP contribution in [0.15, 0.2) is 212 Å². The second kappa shape index (κ2) is 13.2. The van der Waals surface area contributed by atoms with E-state index in [1.54, 1.807) is 0 Å². The molecule has 0 saturated carbocycles. The maximum absolute atomic E-state index is 2.48. The van der Waals surface area contributed by atoms with Crippen LogP contribution in [0.3, 0.4) is 0 Å². The Bertz CT molecular complexity index is 3420. The highest BCUT2D eigenvalue weighted by molar-refractivity contribution is 7.25. The summed E-state index contributed by atoms with van der Waals surface area (Å²) >= 11 is 1.87. The van der Waals surface area contributed by atoms with E-state index in [0.717, 1.165) is 5.69 Å². The average Bonchev–Trinajstić information content (AvgIpc) is 3.84. The lowest BCUT2D eigenvalue weighted by atomic mass is 9.95. The van der Waals surface area contributed by atoms with Crippen molar-refractivity contribution in [3.8, 4) is 50.2 Å². The van der Waals surface area contributed by atoms with E-state index in [9.17, 15) is 0 Å². The fourth-order valence-electron chi connectivity index (χ4n) is 9.33. The van der Waals surface area contributed by atoms with E-state index < -0.39 is 0 Å². The van der Waals surface area contributed by atoms with Gasteiger partial charge in [-0.2, -0.15) is 0 Å². The highest BCUT2D eigenvalue weighted by Crippen LogP contribution is 2.43. The largest absolute Gasteiger partial charge is 0.309 e. The van der Waals surface area contributed by atoms with Crippen molar-refractivity contribution in [3.63, 3.8) is 0 Å². The van der Waals surface area contributed by atoms with E-state index in [2.05, 4.69) is 217 Å². The lowest BCUT2D eigenvalue weighted by Gasteiger charge is -2.15. The molecule has 0 radical (unpaired) electrons. The van der Waals surface area contributed by atoms with Crippen LogP contribution >= 0.6 is 11.3 Å². The van der Waals surface area contributed by atoms with Gasteiger partial charge in [-0.05, 0) is 103 Å². The molecule has 0 unspecified atom stereocenters. The SMILES string of the molecule is c1ccc(-n2c3ccc(-c4cccc5ccccc45)cc3c3cc(-c4cccc5ccccc45)ccc32)c(-c2ccc(-c3cccc4sc5ccccc5c34)cc2)c1. The van der Waals surface area contributed by atoms with Gasteiger partial charge in [0.15, 0.2) is 0 Å². The molecule has 0 aliphatic heterocycles. The molecular formula is C56H35NS. The van der Waals surface area contributed by atoms with Crippen molar-refractivity contribution in [1.82, 2.24) is 4.57 Å². The van der Waals surface area contributed by atoms with Gasteiger partial charge >= 0.3 is 0 Å². The number of benzene rings is 10. The van der Waals surface area contributed by atoms with Crippen molar-refractivity contribution in [2.45, 2.75) is 0 Å². The van der Waals surface area contributed by atoms with Gasteiger partial charge in [-0.3, -0.25) is 0 Å². The normalized spacial score (nSPS) is 11.8. The van der Waals surface area contributed by atoms with Crippen molar-refractivity contribution in [1.29, 1.82) is 0 Å². The number of para-hydroxylation sites is 1. The van der Waals surface area contributed by atoms with Crippen LogP contribution in [0.4, 0.5) is 0 Å². The number of thiophene rings is 1. The minimum absolute atomic E-state index is 1.16. The van der Waals surface area contributed by atoms with Crippen molar-refractivity contribution >= 4 is 74.9 Å². The summed E-state index contributed by atoms with van der Waals surface area (Å²) in [5, 5.41) is 10.2. The zero-order valence-corrected chi connectivity index (χ0v) is 32.4. The molecule has 0 bridgehead atoms. The third-order valence-corrected chi connectivity index (χ3v) is 13.2. The minimum atomic E-state index is 1.16. The van der Waals surface area contributed by atoms with Crippen LogP contribution in [0, 0.1) is 0 Å². The molecule has 0 saturated heterocycles. The first kappa shape index (κ1) is 32.9. The van der Waals surface area contributed by atoms with Crippen LogP contribution in [0.5, 0.6) is 0 Å². The van der Waals surface area contributed by atoms with Crippen molar-refractivity contribution < 1.29 is 0 Å². The molecule has 2 aromatic heterocycles. The number of hydrogen-bond donors (Lipinski definition) is 0. The van der Waals surface area contributed by atoms with Gasteiger partial charge in [0.1, 0.15) is 0 Å². The van der Waals surface area contributed by atoms with Crippen molar-refractivity contribution in [2.24, 2.45) is 0 Å². The summed E-state index contributed by atoms with van der Waals surface area (Å²) in [5.74, 6) is 0. The Kier molecular flexibility index (Phi) is 7.47. The summed E-state index contributed by atoms with van der Waals surface area (Å²) in [6, 6.07) is 78.3. The molecule has 12 aromatic rings. The van der Waals surface area contributed by atoms with E-state index >= 15 is 0 Å². The monoisotopic (exact) mass is 753 g/mol. The van der Waals surface area contributed by atoms with Gasteiger partial charge in [0.2, 0.25) is 0 Å². The molecule has 0 amide bonds. The average molecular weight is 754 g/mol. The summed E-state index contributed by atoms with van der Waals surface area (Å²) in [7, 11) is 0. The number of aromatic nitrogens is 1. The molecule has 10 aromatic carbocycles. The van der Waals surface area contributed by atoms with Crippen LogP contribution in [0.1, 0.15) is 0 Å². The Morgan fingerprint density at radius 2 is 0.741 bits per heavy atom. The summed E-state index contributed by atoms with van der Waals surface area (Å²) < 4.78 is 5.13. The molecule has 0 aliphatic carbocycles. The van der Waals surface area contributed by atoms with Crippen LogP contribution in [-0.2, 0) is 0 Å². The molecule has 12 rings (SSSR count). The van der Waals surface area contributed by atoms with Gasteiger partial charge in [0.25, 0.3) is 0 Å². The molecule has 1 nitrogen and oxygen atoms in total. The second-order valence-electron chi connectivity index (χ2n) is 15.2. The maximum atomic E-state index is 2.48. The third-order valence-electron chi connectivity index (χ3n) is 12.0. The number of nitrogens with zero attached hydrogens (tertiary/aromatic N) is 1. The van der Waals surface area contributed by atoms with E-state index in [-0.39, 0.29) is 0 Å². The van der Waals surface area contributed by atoms with E-state index in [4.69, 9.17) is 0 Å². The summed E-state index contributed by atoms with van der Waals surface area (Å²) in [5.41, 5.74) is 13.4. The Labute approximate surface area is 340 Å². The number of hydrogen-bond acceptors (Lipinski definition) is 1. The molecule has 2 heteroatoms. The molecule has 270 valence electrons. The standard InChI is InChI=1S/C56H35NS/c1-3-16-42-36(12-1)14-9-20-44(42)40-30-32-52-49(34-40)50-35-41(45-21-10-15-37-13-2-4-17-43(37)45)31-33-53(50)57(52)51-23-7-5-18-46(51)38-26-28-39(29-27-38)47-22-11-25-55-56(47)48-19-6-8-24-54(48)58-55/h1-35H. The zero-order chi connectivity index (χ0) is 38.2. The minimum Gasteiger partial charge on any atom is -0.309 e. The predicted octanol–water partition coefficient (Wildman–Crippen LogP) is 16.1. The molecule has 0 spiro atoms. The lowest BCUT2D eigenvalue weighted by molar-refractivity contribution is 1.18. The van der Waals surface area contributed by atoms with Gasteiger partial charge < -0.3 is 4.57 Å². The molecule has 0 N–H and O–H groups in total. The van der Waals surface area contributed by atoms with E-state index in [1.165, 1.54) is 108 Å². The summed E-state index contributed by atoms with van der Waals surface area (Å²) in [4.78, 5) is 0. The topological polar surface area (TPSA) is 4.93 Å². The fraction of sp³-hybridized carbons (Fsp3) is 0. The van der Waals surface area contributed by atoms with Gasteiger partial charge in [0.05, 0.1) is 16.7 Å². The molecular weight excluding hydrogens is 719 g/mol. The first-order chi connectivity index (χ1) is 28.8. The number of fused-ring (bicyclic) bond motifs is 8. The molecule has 58 heavy (non-hydrogen) atoms. The Morgan fingerprint density at radius 3 is 1.40 bits per heavy atom. The lowest BCUT2D eigenvalue weighted by Crippen LogP contribution is -1.97. The molecule has 0 aliphatic rings. The second-order valence-corrected chi connectivity index (χ2v) is 16.3. The van der Waals surface area contributed by atoms with Gasteiger partial charge in [-0.15, -0.1) is 11.3 Å². The Balaban J connectivity index is 1.05. The highest BCUT2D eigenvalue weighted by Gasteiger charge is 2.19. The third kappa shape index (κ3) is 5.16. The first-order valence-electron chi connectivity index (χ1n) is 19.9. The van der Waals surface area contributed by atoms with E-state index in [1.807, 2.05) is 11.3 Å². The number of rotatable bonds is 5. The smallest absolute Gasteiger partial charge is 0.0541 e. The quantitative estimate of drug-likeness (QED) is 0.165. The van der Waals surface area contributed by atoms with E-state index in [0.29, 0.717) is 0 Å². The molecule has 2 heterocycles. The van der Waals surface area contributed by atoms with Crippen LogP contribution < -0.4 is 0 Å². The van der Waals surface area contributed by atoms with Crippen LogP contribution in [0.25, 0.3) is 114 Å². The Morgan fingerprint density at radius 1 is 0.293 bits per heavy atom. The molecule has 0 atom stereocenters. The summed E-state index contributed by atoms with van der Waals surface area (Å²) in [6.07, 6.45) is 0. The fourth-order valence-corrected chi connectivity index (χ4v) is 10.5. The highest BCUT2D eigenvalue weighted by atomic mass is 32.1. The van der Waals surface area contributed by atoms with Gasteiger partial charge in [0, 0.05) is 36.5 Å². The van der Waals surface area contributed by atoms with Gasteiger partial charge in [-0.25, -0.2) is 0 Å². The van der Waals surface area contributed by atoms with Crippen LogP contribution in [0.2, 0.25) is 0 Å². The molecule has 0 fully saturated rings. The summed E-state index contributed by atoms with van der Waals surface area (Å²) in [6.45, 7) is 0. The zero-order valence-electron chi connectivity index (χ0n) is 31.6. The van der Waals surface area contributed by atoms with Crippen molar-refractivity contribution in [3.05, 3.63) is 212 Å². The maximum Gasteiger partial charge on any atom is 0.0541 e. The van der Waals surface area contributed by atoms with Crippen molar-refractivity contribution in [2.75, 3.05) is 0 Å². The van der Waals surface area contributed by atoms with Gasteiger partial charge in [-0.1, -0.05) is 170 Å². The Hall–Kier alpha value is -7.26. The predicted molar refractivity (Wildman–Crippen MR) is 250 cm³/mol. The van der Waals surface area contributed by atoms with Crippen LogP contribution in [-0.4, -0.2) is 4.57 Å². The first-order valence-corrected chi connectivity index (χ1v) is 20.7.